The predicted molar refractivity (Wildman–Crippen MR) is 36.9 cm³/mol. The minimum atomic E-state index is -1.50. The van der Waals surface area contributed by atoms with Crippen LogP contribution in [0, 0.1) is 0 Å². The standard InChI is InChI=1S/C7H13FO3/c1-4-7(2,10)6(8)5(3-9)11-4/h4-6,9-10H,3H2,1-2H3/t4?,5-,6-,7+/m1/s1. The van der Waals surface area contributed by atoms with Gasteiger partial charge in [-0.3, -0.25) is 0 Å². The molecule has 1 rings (SSSR count). The van der Waals surface area contributed by atoms with E-state index in [-0.39, 0.29) is 6.61 Å². The van der Waals surface area contributed by atoms with Crippen LogP contribution in [-0.2, 0) is 4.74 Å². The monoisotopic (exact) mass is 164 g/mol. The van der Waals surface area contributed by atoms with Crippen LogP contribution in [0.3, 0.4) is 0 Å². The van der Waals surface area contributed by atoms with E-state index >= 15 is 0 Å². The minimum Gasteiger partial charge on any atom is -0.394 e. The minimum absolute atomic E-state index is 0.387. The van der Waals surface area contributed by atoms with Gasteiger partial charge in [-0.15, -0.1) is 0 Å². The van der Waals surface area contributed by atoms with Crippen molar-refractivity contribution in [2.75, 3.05) is 6.61 Å². The molecular formula is C7H13FO3. The first kappa shape index (κ1) is 8.90. The van der Waals surface area contributed by atoms with Crippen LogP contribution in [0.15, 0.2) is 0 Å². The van der Waals surface area contributed by atoms with Gasteiger partial charge in [0.25, 0.3) is 0 Å². The third kappa shape index (κ3) is 1.26. The lowest BCUT2D eigenvalue weighted by atomic mass is 9.95. The molecule has 0 spiro atoms. The summed E-state index contributed by atoms with van der Waals surface area (Å²) in [6.45, 7) is 2.57. The van der Waals surface area contributed by atoms with Gasteiger partial charge in [0.2, 0.25) is 0 Å². The maximum Gasteiger partial charge on any atom is 0.159 e. The van der Waals surface area contributed by atoms with Crippen molar-refractivity contribution < 1.29 is 19.3 Å². The Morgan fingerprint density at radius 3 is 2.36 bits per heavy atom. The Labute approximate surface area is 64.8 Å². The quantitative estimate of drug-likeness (QED) is 0.567. The fourth-order valence-electron chi connectivity index (χ4n) is 1.21. The van der Waals surface area contributed by atoms with E-state index in [1.54, 1.807) is 6.92 Å². The molecule has 4 atom stereocenters. The average Bonchev–Trinajstić information content (AvgIpc) is 2.14. The smallest absolute Gasteiger partial charge is 0.159 e. The molecule has 3 nitrogen and oxygen atoms in total. The Balaban J connectivity index is 2.71. The SMILES string of the molecule is CC1O[C@H](CO)[C@@H](F)[C@@]1(C)O. The van der Waals surface area contributed by atoms with Crippen LogP contribution in [0.4, 0.5) is 4.39 Å². The molecule has 0 aliphatic carbocycles. The summed E-state index contributed by atoms with van der Waals surface area (Å²) in [6.07, 6.45) is -2.93. The van der Waals surface area contributed by atoms with Gasteiger partial charge in [-0.2, -0.15) is 0 Å². The van der Waals surface area contributed by atoms with E-state index in [0.29, 0.717) is 0 Å². The van der Waals surface area contributed by atoms with Crippen LogP contribution in [0.2, 0.25) is 0 Å². The molecule has 11 heavy (non-hydrogen) atoms. The topological polar surface area (TPSA) is 49.7 Å². The molecule has 2 N–H and O–H groups in total. The van der Waals surface area contributed by atoms with Crippen molar-refractivity contribution in [1.82, 2.24) is 0 Å². The van der Waals surface area contributed by atoms with E-state index in [1.165, 1.54) is 6.92 Å². The number of halogens is 1. The van der Waals surface area contributed by atoms with Crippen LogP contribution in [0.25, 0.3) is 0 Å². The summed E-state index contributed by atoms with van der Waals surface area (Å²) in [4.78, 5) is 0. The van der Waals surface area contributed by atoms with Crippen LogP contribution >= 0.6 is 0 Å². The average molecular weight is 164 g/mol. The summed E-state index contributed by atoms with van der Waals surface area (Å²) in [5, 5.41) is 18.0. The van der Waals surface area contributed by atoms with Crippen molar-refractivity contribution in [3.05, 3.63) is 0 Å². The first-order valence-electron chi connectivity index (χ1n) is 3.63. The number of hydrogen-bond donors (Lipinski definition) is 2. The summed E-state index contributed by atoms with van der Waals surface area (Å²) in [7, 11) is 0. The molecule has 1 aliphatic heterocycles. The second-order valence-electron chi connectivity index (χ2n) is 3.13. The second-order valence-corrected chi connectivity index (χ2v) is 3.13. The van der Waals surface area contributed by atoms with Crippen LogP contribution in [0.1, 0.15) is 13.8 Å². The molecule has 1 heterocycles. The largest absolute Gasteiger partial charge is 0.394 e. The lowest BCUT2D eigenvalue weighted by Crippen LogP contribution is -2.42. The summed E-state index contributed by atoms with van der Waals surface area (Å²) < 4.78 is 18.0. The normalized spacial score (nSPS) is 51.5. The van der Waals surface area contributed by atoms with Gasteiger partial charge in [-0.25, -0.2) is 4.39 Å². The molecule has 0 bridgehead atoms. The number of aliphatic hydroxyl groups is 2. The number of ether oxygens (including phenoxy) is 1. The lowest BCUT2D eigenvalue weighted by molar-refractivity contribution is -0.0394. The number of aliphatic hydroxyl groups excluding tert-OH is 1. The van der Waals surface area contributed by atoms with Gasteiger partial charge in [0.1, 0.15) is 11.7 Å². The summed E-state index contributed by atoms with van der Waals surface area (Å²) in [5.74, 6) is 0. The first-order valence-corrected chi connectivity index (χ1v) is 3.63. The Morgan fingerprint density at radius 1 is 1.64 bits per heavy atom. The van der Waals surface area contributed by atoms with E-state index in [9.17, 15) is 9.50 Å². The van der Waals surface area contributed by atoms with E-state index in [0.717, 1.165) is 0 Å². The first-order chi connectivity index (χ1) is 5.00. The maximum atomic E-state index is 13.1. The molecule has 1 aliphatic rings. The number of rotatable bonds is 1. The highest BCUT2D eigenvalue weighted by molar-refractivity contribution is 4.98. The van der Waals surface area contributed by atoms with Gasteiger partial charge < -0.3 is 14.9 Å². The van der Waals surface area contributed by atoms with E-state index < -0.39 is 24.0 Å². The van der Waals surface area contributed by atoms with Crippen LogP contribution in [0.5, 0.6) is 0 Å². The highest BCUT2D eigenvalue weighted by Gasteiger charge is 2.50. The van der Waals surface area contributed by atoms with Crippen LogP contribution in [-0.4, -0.2) is 40.8 Å². The number of hydrogen-bond acceptors (Lipinski definition) is 3. The zero-order valence-electron chi connectivity index (χ0n) is 6.62. The highest BCUT2D eigenvalue weighted by Crippen LogP contribution is 2.32. The highest BCUT2D eigenvalue weighted by atomic mass is 19.1. The zero-order chi connectivity index (χ0) is 8.65. The molecule has 1 saturated heterocycles. The summed E-state index contributed by atoms with van der Waals surface area (Å²) in [5.41, 5.74) is -1.46. The Kier molecular flexibility index (Phi) is 2.18. The van der Waals surface area contributed by atoms with E-state index in [4.69, 9.17) is 9.84 Å². The molecule has 0 aromatic carbocycles. The Morgan fingerprint density at radius 2 is 2.18 bits per heavy atom. The van der Waals surface area contributed by atoms with E-state index in [1.807, 2.05) is 0 Å². The van der Waals surface area contributed by atoms with Crippen molar-refractivity contribution in [2.24, 2.45) is 0 Å². The molecular weight excluding hydrogens is 151 g/mol. The molecule has 0 radical (unpaired) electrons. The van der Waals surface area contributed by atoms with Gasteiger partial charge in [0.05, 0.1) is 12.7 Å². The third-order valence-electron chi connectivity index (χ3n) is 2.27. The van der Waals surface area contributed by atoms with Gasteiger partial charge >= 0.3 is 0 Å². The number of alkyl halides is 1. The molecule has 0 aromatic heterocycles. The van der Waals surface area contributed by atoms with Crippen LogP contribution < -0.4 is 0 Å². The molecule has 4 heteroatoms. The van der Waals surface area contributed by atoms with Gasteiger partial charge in [-0.1, -0.05) is 0 Å². The molecule has 0 aromatic rings. The Hall–Kier alpha value is -0.190. The van der Waals surface area contributed by atoms with Crippen molar-refractivity contribution >= 4 is 0 Å². The van der Waals surface area contributed by atoms with Crippen molar-refractivity contribution in [3.8, 4) is 0 Å². The van der Waals surface area contributed by atoms with Gasteiger partial charge in [0, 0.05) is 0 Å². The third-order valence-corrected chi connectivity index (χ3v) is 2.27. The molecule has 0 saturated carbocycles. The van der Waals surface area contributed by atoms with Crippen molar-refractivity contribution in [3.63, 3.8) is 0 Å². The van der Waals surface area contributed by atoms with Gasteiger partial charge in [0.15, 0.2) is 6.17 Å². The van der Waals surface area contributed by atoms with Crippen molar-refractivity contribution in [2.45, 2.75) is 37.8 Å². The lowest BCUT2D eigenvalue weighted by Gasteiger charge is -2.21. The fourth-order valence-corrected chi connectivity index (χ4v) is 1.21. The van der Waals surface area contributed by atoms with Gasteiger partial charge in [-0.05, 0) is 13.8 Å². The Bertz CT molecular complexity index is 149. The summed E-state index contributed by atoms with van der Waals surface area (Å²) >= 11 is 0. The summed E-state index contributed by atoms with van der Waals surface area (Å²) in [6, 6.07) is 0. The second kappa shape index (κ2) is 2.69. The molecule has 1 unspecified atom stereocenters. The van der Waals surface area contributed by atoms with E-state index in [2.05, 4.69) is 0 Å². The zero-order valence-corrected chi connectivity index (χ0v) is 6.62. The molecule has 0 amide bonds. The molecule has 66 valence electrons. The predicted octanol–water partition coefficient (Wildman–Crippen LogP) is -0.145. The fraction of sp³-hybridized carbons (Fsp3) is 1.00. The molecule has 1 fully saturated rings. The van der Waals surface area contributed by atoms with Crippen molar-refractivity contribution in [1.29, 1.82) is 0 Å². The maximum absolute atomic E-state index is 13.1.